The fourth-order valence-corrected chi connectivity index (χ4v) is 2.76. The van der Waals surface area contributed by atoms with E-state index in [9.17, 15) is 4.39 Å². The second-order valence-corrected chi connectivity index (χ2v) is 5.05. The molecule has 1 N–H and O–H groups in total. The molecule has 3 heteroatoms. The van der Waals surface area contributed by atoms with Crippen LogP contribution in [0.25, 0.3) is 0 Å². The SMILES string of the molecule is Cc1cc(Br)c(F)c(C2CCCNC2)c1. The van der Waals surface area contributed by atoms with Crippen molar-refractivity contribution >= 4 is 15.9 Å². The van der Waals surface area contributed by atoms with E-state index in [1.807, 2.05) is 19.1 Å². The van der Waals surface area contributed by atoms with Gasteiger partial charge in [0.25, 0.3) is 0 Å². The van der Waals surface area contributed by atoms with Gasteiger partial charge in [-0.05, 0) is 65.4 Å². The third kappa shape index (κ3) is 2.40. The summed E-state index contributed by atoms with van der Waals surface area (Å²) >= 11 is 3.27. The number of halogens is 2. The lowest BCUT2D eigenvalue weighted by Gasteiger charge is -2.24. The van der Waals surface area contributed by atoms with Crippen molar-refractivity contribution in [3.05, 3.63) is 33.5 Å². The molecule has 1 aliphatic heterocycles. The van der Waals surface area contributed by atoms with Crippen LogP contribution in [-0.2, 0) is 0 Å². The number of piperidine rings is 1. The van der Waals surface area contributed by atoms with Crippen LogP contribution >= 0.6 is 15.9 Å². The van der Waals surface area contributed by atoms with Crippen LogP contribution in [0, 0.1) is 12.7 Å². The van der Waals surface area contributed by atoms with Crippen LogP contribution in [0.4, 0.5) is 4.39 Å². The van der Waals surface area contributed by atoms with E-state index in [0.29, 0.717) is 10.4 Å². The molecule has 1 nitrogen and oxygen atoms in total. The van der Waals surface area contributed by atoms with Gasteiger partial charge in [0.05, 0.1) is 4.47 Å². The number of aryl methyl sites for hydroxylation is 1. The monoisotopic (exact) mass is 271 g/mol. The molecule has 0 bridgehead atoms. The number of benzene rings is 1. The number of hydrogen-bond acceptors (Lipinski definition) is 1. The summed E-state index contributed by atoms with van der Waals surface area (Å²) in [6, 6.07) is 3.80. The topological polar surface area (TPSA) is 12.0 Å². The van der Waals surface area contributed by atoms with Crippen molar-refractivity contribution in [3.8, 4) is 0 Å². The van der Waals surface area contributed by atoms with E-state index in [-0.39, 0.29) is 5.82 Å². The minimum atomic E-state index is -0.0886. The predicted octanol–water partition coefficient (Wildman–Crippen LogP) is 3.36. The summed E-state index contributed by atoms with van der Waals surface area (Å²) in [4.78, 5) is 0. The second kappa shape index (κ2) is 4.62. The molecule has 1 aliphatic rings. The zero-order chi connectivity index (χ0) is 10.8. The van der Waals surface area contributed by atoms with Crippen LogP contribution in [0.1, 0.15) is 29.9 Å². The Kier molecular flexibility index (Phi) is 3.42. The van der Waals surface area contributed by atoms with Gasteiger partial charge in [-0.2, -0.15) is 0 Å². The molecule has 0 aliphatic carbocycles. The Balaban J connectivity index is 2.33. The van der Waals surface area contributed by atoms with E-state index in [0.717, 1.165) is 37.1 Å². The lowest BCUT2D eigenvalue weighted by atomic mass is 9.90. The summed E-state index contributed by atoms with van der Waals surface area (Å²) in [5, 5.41) is 3.32. The van der Waals surface area contributed by atoms with Crippen molar-refractivity contribution in [2.75, 3.05) is 13.1 Å². The van der Waals surface area contributed by atoms with Gasteiger partial charge in [-0.15, -0.1) is 0 Å². The van der Waals surface area contributed by atoms with E-state index >= 15 is 0 Å². The quantitative estimate of drug-likeness (QED) is 0.826. The Hall–Kier alpha value is -0.410. The fraction of sp³-hybridized carbons (Fsp3) is 0.500. The average Bonchev–Trinajstić information content (AvgIpc) is 2.24. The molecule has 0 spiro atoms. The Bertz CT molecular complexity index is 359. The van der Waals surface area contributed by atoms with Crippen molar-refractivity contribution in [2.45, 2.75) is 25.7 Å². The molecule has 1 fully saturated rings. The van der Waals surface area contributed by atoms with E-state index in [1.54, 1.807) is 0 Å². The van der Waals surface area contributed by atoms with Gasteiger partial charge in [0.1, 0.15) is 5.82 Å². The van der Waals surface area contributed by atoms with E-state index in [2.05, 4.69) is 21.2 Å². The molecule has 1 heterocycles. The number of nitrogens with one attached hydrogen (secondary N) is 1. The van der Waals surface area contributed by atoms with Crippen LogP contribution in [0.3, 0.4) is 0 Å². The Labute approximate surface area is 98.2 Å². The molecular formula is C12H15BrFN. The average molecular weight is 272 g/mol. The molecular weight excluding hydrogens is 257 g/mol. The predicted molar refractivity (Wildman–Crippen MR) is 63.7 cm³/mol. The van der Waals surface area contributed by atoms with Crippen LogP contribution in [0.5, 0.6) is 0 Å². The first kappa shape index (κ1) is 11.1. The minimum absolute atomic E-state index is 0.0886. The fourth-order valence-electron chi connectivity index (χ4n) is 2.17. The molecule has 1 aromatic rings. The zero-order valence-electron chi connectivity index (χ0n) is 8.82. The van der Waals surface area contributed by atoms with Crippen molar-refractivity contribution in [1.82, 2.24) is 5.32 Å². The van der Waals surface area contributed by atoms with Gasteiger partial charge in [-0.25, -0.2) is 4.39 Å². The molecule has 0 radical (unpaired) electrons. The van der Waals surface area contributed by atoms with Crippen molar-refractivity contribution in [3.63, 3.8) is 0 Å². The lowest BCUT2D eigenvalue weighted by Crippen LogP contribution is -2.28. The molecule has 82 valence electrons. The molecule has 2 rings (SSSR count). The Morgan fingerprint density at radius 2 is 2.27 bits per heavy atom. The maximum absolute atomic E-state index is 13.9. The van der Waals surface area contributed by atoms with Crippen LogP contribution in [0.2, 0.25) is 0 Å². The first-order valence-corrected chi connectivity index (χ1v) is 6.14. The third-order valence-corrected chi connectivity index (χ3v) is 3.51. The van der Waals surface area contributed by atoms with Gasteiger partial charge in [-0.1, -0.05) is 6.07 Å². The zero-order valence-corrected chi connectivity index (χ0v) is 10.4. The molecule has 0 aromatic heterocycles. The summed E-state index contributed by atoms with van der Waals surface area (Å²) in [5.74, 6) is 0.240. The first-order valence-electron chi connectivity index (χ1n) is 5.34. The van der Waals surface area contributed by atoms with Crippen molar-refractivity contribution < 1.29 is 4.39 Å². The van der Waals surface area contributed by atoms with Crippen LogP contribution in [-0.4, -0.2) is 13.1 Å². The van der Waals surface area contributed by atoms with Gasteiger partial charge in [0.2, 0.25) is 0 Å². The molecule has 1 atom stereocenters. The summed E-state index contributed by atoms with van der Waals surface area (Å²) in [7, 11) is 0. The minimum Gasteiger partial charge on any atom is -0.316 e. The maximum Gasteiger partial charge on any atom is 0.140 e. The highest BCUT2D eigenvalue weighted by atomic mass is 79.9. The summed E-state index contributed by atoms with van der Waals surface area (Å²) in [6.45, 7) is 3.96. The van der Waals surface area contributed by atoms with Gasteiger partial charge in [0.15, 0.2) is 0 Å². The maximum atomic E-state index is 13.9. The first-order chi connectivity index (χ1) is 7.18. The normalized spacial score (nSPS) is 21.7. The molecule has 0 amide bonds. The third-order valence-electron chi connectivity index (χ3n) is 2.94. The Morgan fingerprint density at radius 1 is 1.47 bits per heavy atom. The summed E-state index contributed by atoms with van der Waals surface area (Å²) in [5.41, 5.74) is 1.97. The number of rotatable bonds is 1. The largest absolute Gasteiger partial charge is 0.316 e. The molecule has 1 aromatic carbocycles. The molecule has 0 saturated carbocycles. The van der Waals surface area contributed by atoms with Gasteiger partial charge < -0.3 is 5.32 Å². The second-order valence-electron chi connectivity index (χ2n) is 4.19. The highest BCUT2D eigenvalue weighted by Gasteiger charge is 2.20. The van der Waals surface area contributed by atoms with Gasteiger partial charge in [-0.3, -0.25) is 0 Å². The van der Waals surface area contributed by atoms with Crippen molar-refractivity contribution in [2.24, 2.45) is 0 Å². The van der Waals surface area contributed by atoms with Crippen LogP contribution < -0.4 is 5.32 Å². The van der Waals surface area contributed by atoms with Crippen molar-refractivity contribution in [1.29, 1.82) is 0 Å². The molecule has 1 saturated heterocycles. The molecule has 1 unspecified atom stereocenters. The van der Waals surface area contributed by atoms with E-state index in [4.69, 9.17) is 0 Å². The summed E-state index contributed by atoms with van der Waals surface area (Å²) in [6.07, 6.45) is 2.22. The number of hydrogen-bond donors (Lipinski definition) is 1. The summed E-state index contributed by atoms with van der Waals surface area (Å²) < 4.78 is 14.5. The van der Waals surface area contributed by atoms with Crippen LogP contribution in [0.15, 0.2) is 16.6 Å². The lowest BCUT2D eigenvalue weighted by molar-refractivity contribution is 0.445. The Morgan fingerprint density at radius 3 is 2.93 bits per heavy atom. The standard InChI is InChI=1S/C12H15BrFN/c1-8-5-10(12(14)11(13)6-8)9-3-2-4-15-7-9/h5-6,9,15H,2-4,7H2,1H3. The van der Waals surface area contributed by atoms with Gasteiger partial charge in [0, 0.05) is 6.54 Å². The smallest absolute Gasteiger partial charge is 0.140 e. The van der Waals surface area contributed by atoms with E-state index in [1.165, 1.54) is 0 Å². The highest BCUT2D eigenvalue weighted by Crippen LogP contribution is 2.30. The van der Waals surface area contributed by atoms with E-state index < -0.39 is 0 Å². The highest BCUT2D eigenvalue weighted by molar-refractivity contribution is 9.10. The molecule has 15 heavy (non-hydrogen) atoms. The van der Waals surface area contributed by atoms with Gasteiger partial charge >= 0.3 is 0 Å².